The number of benzene rings is 2. The van der Waals surface area contributed by atoms with Gasteiger partial charge in [-0.25, -0.2) is 17.6 Å². The van der Waals surface area contributed by atoms with Gasteiger partial charge in [-0.2, -0.15) is 4.31 Å². The molecule has 162 valence electrons. The predicted octanol–water partition coefficient (Wildman–Crippen LogP) is 2.54. The summed E-state index contributed by atoms with van der Waals surface area (Å²) in [6.45, 7) is 5.48. The first-order chi connectivity index (χ1) is 14.3. The first-order valence-electron chi connectivity index (χ1n) is 9.76. The first-order valence-corrected chi connectivity index (χ1v) is 11.2. The topological polar surface area (TPSA) is 79.0 Å². The Morgan fingerprint density at radius 1 is 1.03 bits per heavy atom. The van der Waals surface area contributed by atoms with Crippen molar-refractivity contribution in [2.75, 3.05) is 39.3 Å². The molecule has 0 saturated carbocycles. The second kappa shape index (κ2) is 9.44. The lowest BCUT2D eigenvalue weighted by atomic mass is 10.1. The lowest BCUT2D eigenvalue weighted by molar-refractivity contribution is 0.170. The second-order valence-corrected chi connectivity index (χ2v) is 9.11. The van der Waals surface area contributed by atoms with Crippen LogP contribution in [0.3, 0.4) is 0 Å². The van der Waals surface area contributed by atoms with Gasteiger partial charge in [0.1, 0.15) is 18.2 Å². The van der Waals surface area contributed by atoms with Crippen molar-refractivity contribution in [3.8, 4) is 5.75 Å². The standard InChI is InChI=1S/C21H26FN3O4S/c1-16-3-8-20(15-17(16)2)30(27,28)25-12-10-24(11-13-25)21(26)23-9-14-29-19-6-4-18(22)5-7-19/h3-8,15H,9-14H2,1-2H3,(H,23,26). The van der Waals surface area contributed by atoms with Crippen LogP contribution in [0.5, 0.6) is 5.75 Å². The molecule has 2 aromatic carbocycles. The highest BCUT2D eigenvalue weighted by Gasteiger charge is 2.30. The van der Waals surface area contributed by atoms with Crippen molar-refractivity contribution in [2.24, 2.45) is 0 Å². The highest BCUT2D eigenvalue weighted by atomic mass is 32.2. The van der Waals surface area contributed by atoms with Gasteiger partial charge in [0.25, 0.3) is 0 Å². The molecule has 9 heteroatoms. The summed E-state index contributed by atoms with van der Waals surface area (Å²) in [6, 6.07) is 10.5. The van der Waals surface area contributed by atoms with E-state index in [-0.39, 0.29) is 43.0 Å². The number of rotatable bonds is 6. The molecule has 1 aliphatic rings. The van der Waals surface area contributed by atoms with Gasteiger partial charge in [0.05, 0.1) is 11.4 Å². The van der Waals surface area contributed by atoms with Gasteiger partial charge in [0, 0.05) is 26.2 Å². The molecule has 0 spiro atoms. The number of carbonyl (C=O) groups is 1. The van der Waals surface area contributed by atoms with E-state index in [1.165, 1.54) is 28.6 Å². The van der Waals surface area contributed by atoms with Crippen LogP contribution in [0.1, 0.15) is 11.1 Å². The predicted molar refractivity (Wildman–Crippen MR) is 112 cm³/mol. The fourth-order valence-corrected chi connectivity index (χ4v) is 4.63. The molecule has 1 saturated heterocycles. The number of hydrogen-bond acceptors (Lipinski definition) is 4. The zero-order valence-corrected chi connectivity index (χ0v) is 17.9. The number of piperazine rings is 1. The Labute approximate surface area is 176 Å². The minimum Gasteiger partial charge on any atom is -0.492 e. The van der Waals surface area contributed by atoms with Crippen molar-refractivity contribution in [1.82, 2.24) is 14.5 Å². The van der Waals surface area contributed by atoms with E-state index in [2.05, 4.69) is 5.32 Å². The average molecular weight is 436 g/mol. The van der Waals surface area contributed by atoms with E-state index in [1.54, 1.807) is 23.1 Å². The summed E-state index contributed by atoms with van der Waals surface area (Å²) in [5, 5.41) is 2.75. The number of nitrogens with zero attached hydrogens (tertiary/aromatic N) is 2. The molecule has 3 rings (SSSR count). The molecule has 2 amide bonds. The van der Waals surface area contributed by atoms with E-state index in [0.717, 1.165) is 11.1 Å². The summed E-state index contributed by atoms with van der Waals surface area (Å²) >= 11 is 0. The number of ether oxygens (including phenoxy) is 1. The number of amides is 2. The third kappa shape index (κ3) is 5.28. The van der Waals surface area contributed by atoms with Crippen LogP contribution in [-0.2, 0) is 10.0 Å². The van der Waals surface area contributed by atoms with Gasteiger partial charge in [0.2, 0.25) is 10.0 Å². The monoisotopic (exact) mass is 435 g/mol. The Morgan fingerprint density at radius 3 is 2.33 bits per heavy atom. The molecule has 2 aromatic rings. The van der Waals surface area contributed by atoms with E-state index in [1.807, 2.05) is 13.8 Å². The number of halogens is 1. The average Bonchev–Trinajstić information content (AvgIpc) is 2.74. The molecule has 1 fully saturated rings. The van der Waals surface area contributed by atoms with Crippen LogP contribution in [0.4, 0.5) is 9.18 Å². The number of sulfonamides is 1. The van der Waals surface area contributed by atoms with E-state index in [9.17, 15) is 17.6 Å². The summed E-state index contributed by atoms with van der Waals surface area (Å²) in [6.07, 6.45) is 0. The Hall–Kier alpha value is -2.65. The van der Waals surface area contributed by atoms with Crippen LogP contribution in [0, 0.1) is 19.7 Å². The molecule has 0 atom stereocenters. The molecule has 1 heterocycles. The third-order valence-corrected chi connectivity index (χ3v) is 7.00. The maximum absolute atomic E-state index is 12.9. The number of urea groups is 1. The minimum absolute atomic E-state index is 0.245. The largest absolute Gasteiger partial charge is 0.492 e. The lowest BCUT2D eigenvalue weighted by Gasteiger charge is -2.34. The first kappa shape index (κ1) is 22.0. The van der Waals surface area contributed by atoms with Crippen LogP contribution in [0.2, 0.25) is 0 Å². The van der Waals surface area contributed by atoms with Crippen molar-refractivity contribution in [3.05, 3.63) is 59.4 Å². The summed E-state index contributed by atoms with van der Waals surface area (Å²) in [7, 11) is -3.58. The molecular weight excluding hydrogens is 409 g/mol. The molecule has 7 nitrogen and oxygen atoms in total. The van der Waals surface area contributed by atoms with E-state index in [4.69, 9.17) is 4.74 Å². The van der Waals surface area contributed by atoms with Crippen molar-refractivity contribution < 1.29 is 22.3 Å². The quantitative estimate of drug-likeness (QED) is 0.708. The summed E-state index contributed by atoms with van der Waals surface area (Å²) in [5.41, 5.74) is 1.97. The Kier molecular flexibility index (Phi) is 6.94. The highest BCUT2D eigenvalue weighted by molar-refractivity contribution is 7.89. The zero-order valence-electron chi connectivity index (χ0n) is 17.1. The van der Waals surface area contributed by atoms with Gasteiger partial charge in [-0.3, -0.25) is 0 Å². The van der Waals surface area contributed by atoms with Crippen LogP contribution in [0.25, 0.3) is 0 Å². The van der Waals surface area contributed by atoms with Gasteiger partial charge in [0.15, 0.2) is 0 Å². The molecule has 30 heavy (non-hydrogen) atoms. The fourth-order valence-electron chi connectivity index (χ4n) is 3.12. The Balaban J connectivity index is 1.45. The van der Waals surface area contributed by atoms with Crippen LogP contribution in [-0.4, -0.2) is 63.0 Å². The molecular formula is C21H26FN3O4S. The Morgan fingerprint density at radius 2 is 1.70 bits per heavy atom. The number of carbonyl (C=O) groups excluding carboxylic acids is 1. The maximum Gasteiger partial charge on any atom is 0.317 e. The van der Waals surface area contributed by atoms with Crippen LogP contribution >= 0.6 is 0 Å². The molecule has 0 bridgehead atoms. The summed E-state index contributed by atoms with van der Waals surface area (Å²) in [4.78, 5) is 14.2. The maximum atomic E-state index is 12.9. The van der Waals surface area contributed by atoms with Gasteiger partial charge in [-0.1, -0.05) is 6.07 Å². The van der Waals surface area contributed by atoms with Crippen molar-refractivity contribution in [1.29, 1.82) is 0 Å². The summed E-state index contributed by atoms with van der Waals surface area (Å²) < 4.78 is 45.4. The third-order valence-electron chi connectivity index (χ3n) is 5.10. The van der Waals surface area contributed by atoms with Crippen LogP contribution in [0.15, 0.2) is 47.4 Å². The van der Waals surface area contributed by atoms with Crippen molar-refractivity contribution in [2.45, 2.75) is 18.7 Å². The van der Waals surface area contributed by atoms with Gasteiger partial charge in [-0.05, 0) is 61.4 Å². The Bertz CT molecular complexity index is 988. The molecule has 1 N–H and O–H groups in total. The molecule has 0 radical (unpaired) electrons. The van der Waals surface area contributed by atoms with E-state index >= 15 is 0 Å². The van der Waals surface area contributed by atoms with E-state index < -0.39 is 10.0 Å². The molecule has 1 aliphatic heterocycles. The molecule has 0 unspecified atom stereocenters. The SMILES string of the molecule is Cc1ccc(S(=O)(=O)N2CCN(C(=O)NCCOc3ccc(F)cc3)CC2)cc1C. The zero-order chi connectivity index (χ0) is 21.7. The summed E-state index contributed by atoms with van der Waals surface area (Å²) in [5.74, 6) is 0.185. The smallest absolute Gasteiger partial charge is 0.317 e. The van der Waals surface area contributed by atoms with Crippen molar-refractivity contribution >= 4 is 16.1 Å². The van der Waals surface area contributed by atoms with Gasteiger partial charge < -0.3 is 15.0 Å². The minimum atomic E-state index is -3.58. The normalized spacial score (nSPS) is 15.1. The van der Waals surface area contributed by atoms with Gasteiger partial charge in [-0.15, -0.1) is 0 Å². The van der Waals surface area contributed by atoms with Gasteiger partial charge >= 0.3 is 6.03 Å². The number of nitrogens with one attached hydrogen (secondary N) is 1. The van der Waals surface area contributed by atoms with Crippen LogP contribution < -0.4 is 10.1 Å². The number of hydrogen-bond donors (Lipinski definition) is 1. The lowest BCUT2D eigenvalue weighted by Crippen LogP contribution is -2.53. The fraction of sp³-hybridized carbons (Fsp3) is 0.381. The highest BCUT2D eigenvalue weighted by Crippen LogP contribution is 2.20. The van der Waals surface area contributed by atoms with E-state index in [0.29, 0.717) is 18.8 Å². The molecule has 0 aliphatic carbocycles. The van der Waals surface area contributed by atoms with Crippen molar-refractivity contribution in [3.63, 3.8) is 0 Å². The second-order valence-electron chi connectivity index (χ2n) is 7.17. The number of aryl methyl sites for hydroxylation is 2. The molecule has 0 aromatic heterocycles.